The van der Waals surface area contributed by atoms with Crippen LogP contribution in [0.1, 0.15) is 11.1 Å². The molecular formula is C11H15NO3. The van der Waals surface area contributed by atoms with Gasteiger partial charge in [-0.3, -0.25) is 4.79 Å². The van der Waals surface area contributed by atoms with Crippen LogP contribution in [0.25, 0.3) is 0 Å². The van der Waals surface area contributed by atoms with Crippen LogP contribution in [-0.2, 0) is 16.0 Å². The van der Waals surface area contributed by atoms with Crippen molar-refractivity contribution in [3.8, 4) is 5.75 Å². The van der Waals surface area contributed by atoms with E-state index in [0.29, 0.717) is 5.69 Å². The van der Waals surface area contributed by atoms with E-state index in [0.717, 1.165) is 16.9 Å². The van der Waals surface area contributed by atoms with E-state index in [4.69, 9.17) is 10.5 Å². The number of hydrogen-bond acceptors (Lipinski definition) is 4. The second-order valence-electron chi connectivity index (χ2n) is 3.21. The van der Waals surface area contributed by atoms with E-state index in [1.165, 1.54) is 7.11 Å². The van der Waals surface area contributed by atoms with Crippen molar-refractivity contribution in [3.63, 3.8) is 0 Å². The van der Waals surface area contributed by atoms with Crippen LogP contribution in [-0.4, -0.2) is 20.2 Å². The molecule has 1 rings (SSSR count). The number of anilines is 1. The van der Waals surface area contributed by atoms with E-state index in [1.54, 1.807) is 19.2 Å². The number of nitrogens with two attached hydrogens (primary N) is 1. The van der Waals surface area contributed by atoms with Crippen molar-refractivity contribution in [2.45, 2.75) is 13.3 Å². The normalized spacial score (nSPS) is 9.80. The van der Waals surface area contributed by atoms with Crippen LogP contribution in [0.5, 0.6) is 5.75 Å². The van der Waals surface area contributed by atoms with Crippen LogP contribution in [0.3, 0.4) is 0 Å². The van der Waals surface area contributed by atoms with E-state index >= 15 is 0 Å². The maximum atomic E-state index is 11.2. The fourth-order valence-electron chi connectivity index (χ4n) is 1.43. The fourth-order valence-corrected chi connectivity index (χ4v) is 1.43. The lowest BCUT2D eigenvalue weighted by Gasteiger charge is -2.12. The summed E-state index contributed by atoms with van der Waals surface area (Å²) in [6.07, 6.45) is 0.172. The summed E-state index contributed by atoms with van der Waals surface area (Å²) in [5, 5.41) is 0. The summed E-state index contributed by atoms with van der Waals surface area (Å²) in [6.45, 7) is 1.87. The molecule has 0 saturated carbocycles. The molecule has 0 aliphatic carbocycles. The lowest BCUT2D eigenvalue weighted by Crippen LogP contribution is -2.09. The number of carbonyl (C=O) groups is 1. The molecule has 0 heterocycles. The Hall–Kier alpha value is -1.71. The maximum absolute atomic E-state index is 11.2. The van der Waals surface area contributed by atoms with Crippen molar-refractivity contribution >= 4 is 11.7 Å². The lowest BCUT2D eigenvalue weighted by molar-refractivity contribution is -0.139. The van der Waals surface area contributed by atoms with E-state index in [2.05, 4.69) is 4.74 Å². The van der Waals surface area contributed by atoms with Crippen LogP contribution in [0.15, 0.2) is 12.1 Å². The van der Waals surface area contributed by atoms with Crippen LogP contribution >= 0.6 is 0 Å². The highest BCUT2D eigenvalue weighted by atomic mass is 16.5. The highest BCUT2D eigenvalue weighted by molar-refractivity contribution is 5.76. The van der Waals surface area contributed by atoms with Gasteiger partial charge in [-0.05, 0) is 30.2 Å². The Balaban J connectivity index is 3.09. The largest absolute Gasteiger partial charge is 0.496 e. The Kier molecular flexibility index (Phi) is 3.55. The summed E-state index contributed by atoms with van der Waals surface area (Å²) >= 11 is 0. The molecule has 0 fully saturated rings. The summed E-state index contributed by atoms with van der Waals surface area (Å²) < 4.78 is 9.75. The molecule has 2 N–H and O–H groups in total. The molecule has 0 aliphatic heterocycles. The van der Waals surface area contributed by atoms with Gasteiger partial charge in [0.15, 0.2) is 0 Å². The molecular weight excluding hydrogens is 194 g/mol. The van der Waals surface area contributed by atoms with Crippen molar-refractivity contribution in [1.29, 1.82) is 0 Å². The minimum atomic E-state index is -0.307. The predicted octanol–water partition coefficient (Wildman–Crippen LogP) is 1.30. The number of benzene rings is 1. The topological polar surface area (TPSA) is 61.5 Å². The molecule has 1 aromatic rings. The first kappa shape index (κ1) is 11.4. The van der Waals surface area contributed by atoms with E-state index in [-0.39, 0.29) is 12.4 Å². The zero-order valence-electron chi connectivity index (χ0n) is 9.16. The first-order chi connectivity index (χ1) is 7.10. The van der Waals surface area contributed by atoms with Gasteiger partial charge < -0.3 is 15.2 Å². The molecule has 4 nitrogen and oxygen atoms in total. The average molecular weight is 209 g/mol. The minimum absolute atomic E-state index is 0.172. The number of nitrogen functional groups attached to an aromatic ring is 1. The highest BCUT2D eigenvalue weighted by Gasteiger charge is 2.12. The number of esters is 1. The highest BCUT2D eigenvalue weighted by Crippen LogP contribution is 2.26. The third-order valence-electron chi connectivity index (χ3n) is 2.35. The number of ether oxygens (including phenoxy) is 2. The van der Waals surface area contributed by atoms with Gasteiger partial charge in [-0.15, -0.1) is 0 Å². The third-order valence-corrected chi connectivity index (χ3v) is 2.35. The summed E-state index contributed by atoms with van der Waals surface area (Å²) in [4.78, 5) is 11.2. The fraction of sp³-hybridized carbons (Fsp3) is 0.364. The van der Waals surface area contributed by atoms with Crippen molar-refractivity contribution in [1.82, 2.24) is 0 Å². The van der Waals surface area contributed by atoms with Gasteiger partial charge in [-0.1, -0.05) is 0 Å². The average Bonchev–Trinajstić information content (AvgIpc) is 2.24. The number of methoxy groups -OCH3 is 2. The Morgan fingerprint density at radius 1 is 1.40 bits per heavy atom. The van der Waals surface area contributed by atoms with Crippen LogP contribution < -0.4 is 10.5 Å². The number of hydrogen-bond donors (Lipinski definition) is 1. The molecule has 82 valence electrons. The van der Waals surface area contributed by atoms with E-state index < -0.39 is 0 Å². The van der Waals surface area contributed by atoms with E-state index in [1.807, 2.05) is 6.92 Å². The molecule has 0 aromatic heterocycles. The molecule has 0 spiro atoms. The van der Waals surface area contributed by atoms with Crippen molar-refractivity contribution in [3.05, 3.63) is 23.3 Å². The second kappa shape index (κ2) is 4.68. The summed E-state index contributed by atoms with van der Waals surface area (Å²) in [6, 6.07) is 3.51. The van der Waals surface area contributed by atoms with Crippen LogP contribution in [0, 0.1) is 6.92 Å². The van der Waals surface area contributed by atoms with Gasteiger partial charge in [0.05, 0.1) is 20.6 Å². The Morgan fingerprint density at radius 2 is 2.07 bits per heavy atom. The SMILES string of the molecule is COC(=O)Cc1c(N)ccc(OC)c1C. The van der Waals surface area contributed by atoms with Crippen molar-refractivity contribution < 1.29 is 14.3 Å². The standard InChI is InChI=1S/C11H15NO3/c1-7-8(6-11(13)15-3)9(12)4-5-10(7)14-2/h4-5H,6,12H2,1-3H3. The number of rotatable bonds is 3. The van der Waals surface area contributed by atoms with Gasteiger partial charge in [0, 0.05) is 5.69 Å². The zero-order chi connectivity index (χ0) is 11.4. The molecule has 0 bridgehead atoms. The summed E-state index contributed by atoms with van der Waals surface area (Å²) in [5.74, 6) is 0.418. The maximum Gasteiger partial charge on any atom is 0.310 e. The molecule has 0 unspecified atom stereocenters. The van der Waals surface area contributed by atoms with Crippen LogP contribution in [0.2, 0.25) is 0 Å². The quantitative estimate of drug-likeness (QED) is 0.602. The predicted molar refractivity (Wildman–Crippen MR) is 57.9 cm³/mol. The Bertz CT molecular complexity index is 374. The van der Waals surface area contributed by atoms with Gasteiger partial charge in [0.25, 0.3) is 0 Å². The van der Waals surface area contributed by atoms with Crippen molar-refractivity contribution in [2.75, 3.05) is 20.0 Å². The first-order valence-corrected chi connectivity index (χ1v) is 4.59. The zero-order valence-corrected chi connectivity index (χ0v) is 9.16. The summed E-state index contributed by atoms with van der Waals surface area (Å²) in [5.41, 5.74) is 8.01. The Labute approximate surface area is 89.0 Å². The molecule has 0 atom stereocenters. The minimum Gasteiger partial charge on any atom is -0.496 e. The number of carbonyl (C=O) groups excluding carboxylic acids is 1. The van der Waals surface area contributed by atoms with Gasteiger partial charge in [-0.2, -0.15) is 0 Å². The molecule has 0 saturated heterocycles. The smallest absolute Gasteiger partial charge is 0.310 e. The lowest BCUT2D eigenvalue weighted by atomic mass is 10.0. The van der Waals surface area contributed by atoms with Crippen LogP contribution in [0.4, 0.5) is 5.69 Å². The van der Waals surface area contributed by atoms with E-state index in [9.17, 15) is 4.79 Å². The monoisotopic (exact) mass is 209 g/mol. The molecule has 15 heavy (non-hydrogen) atoms. The first-order valence-electron chi connectivity index (χ1n) is 4.59. The van der Waals surface area contributed by atoms with Gasteiger partial charge in [-0.25, -0.2) is 0 Å². The molecule has 0 amide bonds. The molecule has 4 heteroatoms. The van der Waals surface area contributed by atoms with Gasteiger partial charge in [0.1, 0.15) is 5.75 Å². The molecule has 1 aromatic carbocycles. The Morgan fingerprint density at radius 3 is 2.60 bits per heavy atom. The second-order valence-corrected chi connectivity index (χ2v) is 3.21. The molecule has 0 radical (unpaired) electrons. The molecule has 0 aliphatic rings. The van der Waals surface area contributed by atoms with Crippen molar-refractivity contribution in [2.24, 2.45) is 0 Å². The third kappa shape index (κ3) is 2.40. The van der Waals surface area contributed by atoms with Gasteiger partial charge >= 0.3 is 5.97 Å². The van der Waals surface area contributed by atoms with Gasteiger partial charge in [0.2, 0.25) is 0 Å². The summed E-state index contributed by atoms with van der Waals surface area (Å²) in [7, 11) is 2.94.